The number of hydrogen-bond acceptors (Lipinski definition) is 4. The summed E-state index contributed by atoms with van der Waals surface area (Å²) in [5.74, 6) is -0.311. The largest absolute Gasteiger partial charge is 0.466 e. The second kappa shape index (κ2) is 10.8. The summed E-state index contributed by atoms with van der Waals surface area (Å²) in [7, 11) is 0. The molecule has 1 unspecified atom stereocenters. The molecule has 0 radical (unpaired) electrons. The zero-order valence-corrected chi connectivity index (χ0v) is 19.1. The number of carbonyl (C=O) groups excluding carboxylic acids is 1. The summed E-state index contributed by atoms with van der Waals surface area (Å²) in [6, 6.07) is 33.3. The van der Waals surface area contributed by atoms with E-state index in [1.807, 2.05) is 54.6 Å². The number of aromatic amines is 1. The maximum Gasteiger partial charge on any atom is 0.307 e. The lowest BCUT2D eigenvalue weighted by Crippen LogP contribution is -2.47. The molecule has 5 nitrogen and oxygen atoms in total. The van der Waals surface area contributed by atoms with Crippen molar-refractivity contribution in [1.82, 2.24) is 10.3 Å². The Morgan fingerprint density at radius 1 is 0.824 bits per heavy atom. The quantitative estimate of drug-likeness (QED) is 0.278. The molecule has 0 spiro atoms. The molecule has 34 heavy (non-hydrogen) atoms. The van der Waals surface area contributed by atoms with Crippen molar-refractivity contribution in [3.63, 3.8) is 0 Å². The van der Waals surface area contributed by atoms with Gasteiger partial charge in [-0.25, -0.2) is 0 Å². The highest BCUT2D eigenvalue weighted by molar-refractivity contribution is 5.70. The molecule has 1 atom stereocenters. The second-order valence-corrected chi connectivity index (χ2v) is 8.04. The zero-order chi connectivity index (χ0) is 23.8. The molecule has 0 saturated carbocycles. The molecule has 0 amide bonds. The first-order valence-electron chi connectivity index (χ1n) is 11.4. The van der Waals surface area contributed by atoms with Crippen LogP contribution < -0.4 is 10.9 Å². The van der Waals surface area contributed by atoms with E-state index in [0.717, 1.165) is 22.3 Å². The van der Waals surface area contributed by atoms with Gasteiger partial charge in [0.1, 0.15) is 0 Å². The van der Waals surface area contributed by atoms with Gasteiger partial charge in [-0.15, -0.1) is 0 Å². The molecule has 5 heteroatoms. The van der Waals surface area contributed by atoms with Gasteiger partial charge in [-0.3, -0.25) is 14.9 Å². The van der Waals surface area contributed by atoms with Crippen molar-refractivity contribution in [2.45, 2.75) is 24.9 Å². The van der Waals surface area contributed by atoms with E-state index in [-0.39, 0.29) is 17.9 Å². The van der Waals surface area contributed by atoms with Gasteiger partial charge in [-0.1, -0.05) is 97.1 Å². The average molecular weight is 453 g/mol. The summed E-state index contributed by atoms with van der Waals surface area (Å²) in [6.07, 6.45) is 1.76. The van der Waals surface area contributed by atoms with Gasteiger partial charge < -0.3 is 9.72 Å². The smallest absolute Gasteiger partial charge is 0.307 e. The number of nitrogens with one attached hydrogen (secondary N) is 2. The fourth-order valence-corrected chi connectivity index (χ4v) is 4.35. The Labute approximate surface area is 199 Å². The van der Waals surface area contributed by atoms with Crippen molar-refractivity contribution in [2.24, 2.45) is 0 Å². The van der Waals surface area contributed by atoms with Crippen LogP contribution in [0.5, 0.6) is 0 Å². The Hall–Kier alpha value is -3.96. The number of esters is 1. The van der Waals surface area contributed by atoms with Gasteiger partial charge >= 0.3 is 5.97 Å². The van der Waals surface area contributed by atoms with Crippen LogP contribution in [0.4, 0.5) is 0 Å². The molecule has 0 aliphatic carbocycles. The van der Waals surface area contributed by atoms with E-state index in [1.54, 1.807) is 19.2 Å². The number of aromatic nitrogens is 1. The molecule has 0 bridgehead atoms. The third kappa shape index (κ3) is 5.00. The third-order valence-corrected chi connectivity index (χ3v) is 5.90. The van der Waals surface area contributed by atoms with E-state index >= 15 is 0 Å². The second-order valence-electron chi connectivity index (χ2n) is 8.04. The van der Waals surface area contributed by atoms with E-state index < -0.39 is 11.6 Å². The fraction of sp³-hybridized carbons (Fsp3) is 0.172. The molecule has 2 N–H and O–H groups in total. The van der Waals surface area contributed by atoms with Gasteiger partial charge in [-0.2, -0.15) is 0 Å². The van der Waals surface area contributed by atoms with Crippen molar-refractivity contribution in [2.75, 3.05) is 6.61 Å². The summed E-state index contributed by atoms with van der Waals surface area (Å²) in [6.45, 7) is 2.10. The highest BCUT2D eigenvalue weighted by Crippen LogP contribution is 2.39. The Balaban J connectivity index is 1.93. The van der Waals surface area contributed by atoms with E-state index in [4.69, 9.17) is 4.74 Å². The fourth-order valence-electron chi connectivity index (χ4n) is 4.35. The van der Waals surface area contributed by atoms with Gasteiger partial charge in [0.15, 0.2) is 0 Å². The first-order chi connectivity index (χ1) is 16.6. The average Bonchev–Trinajstić information content (AvgIpc) is 2.89. The molecular formula is C29H28N2O3. The molecule has 0 aliphatic rings. The van der Waals surface area contributed by atoms with E-state index in [2.05, 4.69) is 46.7 Å². The first-order valence-corrected chi connectivity index (χ1v) is 11.4. The van der Waals surface area contributed by atoms with Gasteiger partial charge in [0.05, 0.1) is 18.6 Å². The first kappa shape index (κ1) is 23.2. The summed E-state index contributed by atoms with van der Waals surface area (Å²) in [5.41, 5.74) is 2.93. The molecule has 1 heterocycles. The number of hydrogen-bond donors (Lipinski definition) is 2. The topological polar surface area (TPSA) is 71.2 Å². The van der Waals surface area contributed by atoms with Gasteiger partial charge in [0.2, 0.25) is 5.56 Å². The van der Waals surface area contributed by atoms with Gasteiger partial charge in [0, 0.05) is 18.3 Å². The maximum atomic E-state index is 12.7. The number of benzene rings is 3. The van der Waals surface area contributed by atoms with E-state index in [1.165, 1.54) is 6.07 Å². The van der Waals surface area contributed by atoms with Crippen LogP contribution in [0.1, 0.15) is 41.6 Å². The van der Waals surface area contributed by atoms with Crippen LogP contribution in [0.25, 0.3) is 0 Å². The van der Waals surface area contributed by atoms with E-state index in [0.29, 0.717) is 6.61 Å². The van der Waals surface area contributed by atoms with Gasteiger partial charge in [0.25, 0.3) is 0 Å². The Morgan fingerprint density at radius 2 is 1.32 bits per heavy atom. The Bertz CT molecular complexity index is 1140. The van der Waals surface area contributed by atoms with Crippen molar-refractivity contribution >= 4 is 5.97 Å². The Morgan fingerprint density at radius 3 is 1.74 bits per heavy atom. The SMILES string of the molecule is CCOC(=O)CC(NC(c1ccccc1)(c1ccccc1)c1ccccc1)c1ccc(=O)[nH]c1. The molecule has 0 saturated heterocycles. The third-order valence-electron chi connectivity index (χ3n) is 5.90. The minimum absolute atomic E-state index is 0.105. The summed E-state index contributed by atoms with van der Waals surface area (Å²) in [4.78, 5) is 27.1. The summed E-state index contributed by atoms with van der Waals surface area (Å²) < 4.78 is 5.30. The van der Waals surface area contributed by atoms with Crippen molar-refractivity contribution < 1.29 is 9.53 Å². The van der Waals surface area contributed by atoms with Crippen molar-refractivity contribution in [3.05, 3.63) is 142 Å². The summed E-state index contributed by atoms with van der Waals surface area (Å²) in [5, 5.41) is 3.82. The number of pyridine rings is 1. The minimum Gasteiger partial charge on any atom is -0.466 e. The van der Waals surface area contributed by atoms with E-state index in [9.17, 15) is 9.59 Å². The normalized spacial score (nSPS) is 12.1. The van der Waals surface area contributed by atoms with Gasteiger partial charge in [-0.05, 0) is 29.2 Å². The molecule has 4 aromatic rings. The molecule has 4 rings (SSSR count). The number of rotatable bonds is 9. The molecule has 0 aliphatic heterocycles. The molecule has 1 aromatic heterocycles. The predicted molar refractivity (Wildman–Crippen MR) is 133 cm³/mol. The molecule has 172 valence electrons. The van der Waals surface area contributed by atoms with Crippen LogP contribution in [-0.4, -0.2) is 17.6 Å². The predicted octanol–water partition coefficient (Wildman–Crippen LogP) is 4.95. The van der Waals surface area contributed by atoms with Crippen LogP contribution in [0.2, 0.25) is 0 Å². The van der Waals surface area contributed by atoms with Crippen LogP contribution in [-0.2, 0) is 15.1 Å². The summed E-state index contributed by atoms with van der Waals surface area (Å²) >= 11 is 0. The lowest BCUT2D eigenvalue weighted by atomic mass is 9.76. The molecule has 0 fully saturated rings. The standard InChI is InChI=1S/C29H28N2O3/c1-2-34-28(33)20-26(22-18-19-27(32)30-21-22)31-29(23-12-6-3-7-13-23,24-14-8-4-9-15-24)25-16-10-5-11-17-25/h3-19,21,26,31H,2,20H2,1H3,(H,30,32). The number of H-pyrrole nitrogens is 1. The Kier molecular flexibility index (Phi) is 7.35. The lowest BCUT2D eigenvalue weighted by Gasteiger charge is -2.40. The van der Waals surface area contributed by atoms with Crippen molar-refractivity contribution in [3.8, 4) is 0 Å². The highest BCUT2D eigenvalue weighted by atomic mass is 16.5. The van der Waals surface area contributed by atoms with Crippen LogP contribution >= 0.6 is 0 Å². The van der Waals surface area contributed by atoms with Crippen LogP contribution in [0.15, 0.2) is 114 Å². The minimum atomic E-state index is -0.767. The molecular weight excluding hydrogens is 424 g/mol. The van der Waals surface area contributed by atoms with Crippen molar-refractivity contribution in [1.29, 1.82) is 0 Å². The van der Waals surface area contributed by atoms with Crippen LogP contribution in [0.3, 0.4) is 0 Å². The van der Waals surface area contributed by atoms with Crippen LogP contribution in [0, 0.1) is 0 Å². The monoisotopic (exact) mass is 452 g/mol. The number of carbonyl (C=O) groups is 1. The highest BCUT2D eigenvalue weighted by Gasteiger charge is 2.39. The lowest BCUT2D eigenvalue weighted by molar-refractivity contribution is -0.143. The maximum absolute atomic E-state index is 12.7. The zero-order valence-electron chi connectivity index (χ0n) is 19.1. The molecule has 3 aromatic carbocycles. The number of ether oxygens (including phenoxy) is 1.